The molecule has 4 aromatic rings. The van der Waals surface area contributed by atoms with Crippen molar-refractivity contribution < 1.29 is 18.5 Å². The maximum absolute atomic E-state index is 12.7. The van der Waals surface area contributed by atoms with Gasteiger partial charge in [-0.15, -0.1) is 10.2 Å². The van der Waals surface area contributed by atoms with Crippen molar-refractivity contribution in [3.05, 3.63) is 58.7 Å². The number of fused-ring (bicyclic) bond motifs is 1. The molecule has 8 nitrogen and oxygen atoms in total. The van der Waals surface area contributed by atoms with Gasteiger partial charge in [0.2, 0.25) is 5.89 Å². The van der Waals surface area contributed by atoms with Gasteiger partial charge < -0.3 is 13.7 Å². The van der Waals surface area contributed by atoms with Gasteiger partial charge in [0.1, 0.15) is 0 Å². The van der Waals surface area contributed by atoms with Crippen LogP contribution < -0.4 is 0 Å². The molecule has 0 aliphatic rings. The Morgan fingerprint density at radius 3 is 2.61 bits per heavy atom. The second-order valence-corrected chi connectivity index (χ2v) is 6.62. The molecular formula is C20H18N4O4. The van der Waals surface area contributed by atoms with Crippen LogP contribution >= 0.6 is 0 Å². The van der Waals surface area contributed by atoms with Crippen molar-refractivity contribution in [1.29, 1.82) is 0 Å². The van der Waals surface area contributed by atoms with E-state index in [0.717, 1.165) is 11.1 Å². The fourth-order valence-electron chi connectivity index (χ4n) is 2.86. The molecule has 0 aliphatic carbocycles. The van der Waals surface area contributed by atoms with Crippen molar-refractivity contribution in [3.8, 4) is 11.5 Å². The van der Waals surface area contributed by atoms with Crippen LogP contribution in [0.15, 0.2) is 39.3 Å². The third-order valence-electron chi connectivity index (χ3n) is 4.34. The highest BCUT2D eigenvalue weighted by molar-refractivity contribution is 6.03. The first-order valence-corrected chi connectivity index (χ1v) is 8.77. The monoisotopic (exact) mass is 378 g/mol. The number of carbonyl (C=O) groups is 1. The molecule has 0 saturated heterocycles. The van der Waals surface area contributed by atoms with Crippen molar-refractivity contribution in [2.75, 3.05) is 0 Å². The fraction of sp³-hybridized carbons (Fsp3) is 0.250. The molecule has 28 heavy (non-hydrogen) atoms. The van der Waals surface area contributed by atoms with Gasteiger partial charge in [0, 0.05) is 11.3 Å². The third-order valence-corrected chi connectivity index (χ3v) is 4.34. The van der Waals surface area contributed by atoms with Crippen LogP contribution in [0.1, 0.15) is 46.2 Å². The van der Waals surface area contributed by atoms with Crippen LogP contribution in [0.5, 0.6) is 0 Å². The Hall–Kier alpha value is -3.55. The Labute approximate surface area is 160 Å². The zero-order valence-corrected chi connectivity index (χ0v) is 15.9. The molecule has 0 amide bonds. The van der Waals surface area contributed by atoms with Crippen molar-refractivity contribution >= 4 is 17.1 Å². The lowest BCUT2D eigenvalue weighted by Crippen LogP contribution is -2.11. The first-order chi connectivity index (χ1) is 13.4. The van der Waals surface area contributed by atoms with E-state index < -0.39 is 12.1 Å². The molecule has 142 valence electrons. The minimum atomic E-state index is -0.720. The van der Waals surface area contributed by atoms with E-state index in [1.54, 1.807) is 26.8 Å². The van der Waals surface area contributed by atoms with Crippen LogP contribution in [0.2, 0.25) is 0 Å². The van der Waals surface area contributed by atoms with Crippen LogP contribution in [0.4, 0.5) is 0 Å². The second-order valence-electron chi connectivity index (χ2n) is 6.62. The summed E-state index contributed by atoms with van der Waals surface area (Å²) in [5, 5.41) is 12.5. The maximum Gasteiger partial charge on any atom is 0.339 e. The molecule has 1 aromatic carbocycles. The lowest BCUT2D eigenvalue weighted by Gasteiger charge is -2.10. The van der Waals surface area contributed by atoms with E-state index in [0.29, 0.717) is 33.9 Å². The van der Waals surface area contributed by atoms with Gasteiger partial charge in [-0.2, -0.15) is 0 Å². The Kier molecular flexibility index (Phi) is 4.38. The van der Waals surface area contributed by atoms with Crippen LogP contribution in [-0.4, -0.2) is 26.3 Å². The summed E-state index contributed by atoms with van der Waals surface area (Å²) in [5.41, 5.74) is 3.77. The van der Waals surface area contributed by atoms with Crippen molar-refractivity contribution in [3.63, 3.8) is 0 Å². The number of hydrogen-bond donors (Lipinski definition) is 0. The number of esters is 1. The molecule has 1 atom stereocenters. The Bertz CT molecular complexity index is 1160. The van der Waals surface area contributed by atoms with Crippen LogP contribution in [0.25, 0.3) is 22.6 Å². The van der Waals surface area contributed by atoms with E-state index in [4.69, 9.17) is 13.7 Å². The summed E-state index contributed by atoms with van der Waals surface area (Å²) in [5.74, 6) is 0.0484. The normalized spacial score (nSPS) is 12.3. The topological polar surface area (TPSA) is 104 Å². The van der Waals surface area contributed by atoms with E-state index in [2.05, 4.69) is 20.3 Å². The van der Waals surface area contributed by atoms with Gasteiger partial charge in [0.05, 0.1) is 16.6 Å². The highest BCUT2D eigenvalue weighted by atomic mass is 16.6. The van der Waals surface area contributed by atoms with Crippen LogP contribution in [0.3, 0.4) is 0 Å². The van der Waals surface area contributed by atoms with Gasteiger partial charge in [-0.1, -0.05) is 22.9 Å². The standard InChI is InChI=1S/C20H18N4O4/c1-10-5-7-14(8-6-10)18-23-22-17(27-18)13(4)26-20(25)15-9-11(2)21-19-16(15)12(3)24-28-19/h5-9,13H,1-4H3/t13-/m0/s1. The number of ether oxygens (including phenoxy) is 1. The van der Waals surface area contributed by atoms with E-state index in [-0.39, 0.29) is 5.89 Å². The minimum Gasteiger partial charge on any atom is -0.449 e. The largest absolute Gasteiger partial charge is 0.449 e. The van der Waals surface area contributed by atoms with E-state index >= 15 is 0 Å². The van der Waals surface area contributed by atoms with Gasteiger partial charge in [-0.3, -0.25) is 0 Å². The van der Waals surface area contributed by atoms with Crippen molar-refractivity contribution in [2.45, 2.75) is 33.8 Å². The van der Waals surface area contributed by atoms with Gasteiger partial charge in [0.15, 0.2) is 6.10 Å². The summed E-state index contributed by atoms with van der Waals surface area (Å²) in [4.78, 5) is 17.0. The lowest BCUT2D eigenvalue weighted by atomic mass is 10.1. The smallest absolute Gasteiger partial charge is 0.339 e. The summed E-state index contributed by atoms with van der Waals surface area (Å²) in [6, 6.07) is 9.36. The molecule has 0 N–H and O–H groups in total. The molecule has 4 rings (SSSR count). The zero-order chi connectivity index (χ0) is 19.8. The van der Waals surface area contributed by atoms with E-state index in [9.17, 15) is 4.79 Å². The average molecular weight is 378 g/mol. The highest BCUT2D eigenvalue weighted by Crippen LogP contribution is 2.26. The van der Waals surface area contributed by atoms with Crippen molar-refractivity contribution in [1.82, 2.24) is 20.3 Å². The molecule has 0 saturated carbocycles. The first-order valence-electron chi connectivity index (χ1n) is 8.77. The number of rotatable bonds is 4. The number of carbonyl (C=O) groups excluding carboxylic acids is 1. The Balaban J connectivity index is 1.57. The highest BCUT2D eigenvalue weighted by Gasteiger charge is 2.24. The summed E-state index contributed by atoms with van der Waals surface area (Å²) < 4.78 is 16.4. The molecule has 0 fully saturated rings. The fourth-order valence-corrected chi connectivity index (χ4v) is 2.86. The van der Waals surface area contributed by atoms with E-state index in [1.165, 1.54) is 0 Å². The maximum atomic E-state index is 12.7. The third kappa shape index (κ3) is 3.24. The van der Waals surface area contributed by atoms with E-state index in [1.807, 2.05) is 31.2 Å². The number of hydrogen-bond acceptors (Lipinski definition) is 8. The molecule has 0 radical (unpaired) electrons. The summed E-state index contributed by atoms with van der Waals surface area (Å²) in [7, 11) is 0. The molecule has 0 spiro atoms. The molecule has 3 aromatic heterocycles. The molecule has 0 unspecified atom stereocenters. The summed E-state index contributed by atoms with van der Waals surface area (Å²) in [6.45, 7) is 7.19. The van der Waals surface area contributed by atoms with Gasteiger partial charge in [-0.05, 0) is 45.9 Å². The Morgan fingerprint density at radius 1 is 1.11 bits per heavy atom. The van der Waals surface area contributed by atoms with Crippen LogP contribution in [0, 0.1) is 20.8 Å². The SMILES string of the molecule is Cc1ccc(-c2nnc([C@H](C)OC(=O)c3cc(C)nc4onc(C)c34)o2)cc1. The lowest BCUT2D eigenvalue weighted by molar-refractivity contribution is 0.0282. The predicted octanol–water partition coefficient (Wildman–Crippen LogP) is 4.12. The van der Waals surface area contributed by atoms with Crippen molar-refractivity contribution in [2.24, 2.45) is 0 Å². The molecule has 8 heteroatoms. The molecule has 3 heterocycles. The average Bonchev–Trinajstić information content (AvgIpc) is 3.29. The quantitative estimate of drug-likeness (QED) is 0.489. The molecule has 0 aliphatic heterocycles. The number of nitrogens with zero attached hydrogens (tertiary/aromatic N) is 4. The number of aromatic nitrogens is 4. The Morgan fingerprint density at radius 2 is 1.86 bits per heavy atom. The zero-order valence-electron chi connectivity index (χ0n) is 15.9. The number of pyridine rings is 1. The van der Waals surface area contributed by atoms with Gasteiger partial charge in [0.25, 0.3) is 11.6 Å². The molecular weight excluding hydrogens is 360 g/mol. The van der Waals surface area contributed by atoms with Crippen LogP contribution in [-0.2, 0) is 4.74 Å². The predicted molar refractivity (Wildman–Crippen MR) is 99.6 cm³/mol. The molecule has 0 bridgehead atoms. The summed E-state index contributed by atoms with van der Waals surface area (Å²) in [6.07, 6.45) is -0.720. The first kappa shape index (κ1) is 17.8. The number of benzene rings is 1. The second kappa shape index (κ2) is 6.88. The minimum absolute atomic E-state index is 0.216. The van der Waals surface area contributed by atoms with Gasteiger partial charge >= 0.3 is 5.97 Å². The van der Waals surface area contributed by atoms with Gasteiger partial charge in [-0.25, -0.2) is 9.78 Å². The number of aryl methyl sites for hydroxylation is 3. The summed E-state index contributed by atoms with van der Waals surface area (Å²) >= 11 is 0.